The lowest BCUT2D eigenvalue weighted by Gasteiger charge is -2.40. The quantitative estimate of drug-likeness (QED) is 0.373. The maximum atomic E-state index is 12.9. The summed E-state index contributed by atoms with van der Waals surface area (Å²) in [5, 5.41) is 5.38. The molecule has 0 saturated carbocycles. The largest absolute Gasteiger partial charge is 0.469 e. The number of rotatable bonds is 8. The van der Waals surface area contributed by atoms with Gasteiger partial charge in [0.2, 0.25) is 19.2 Å². The molecule has 0 aliphatic carbocycles. The standard InChI is InChI=1S/C16H29N2O6P/c1-12(19)17-7-5-9-25(22)10-13(16(2,3)11-24-25)15(21)18-8-6-14(20)23-4/h13H,5-11H2,1-4H3,(H,17,19)(H,18,21)/t13-,25?/m0/s1. The zero-order chi connectivity index (χ0) is 19.1. The monoisotopic (exact) mass is 376 g/mol. The Balaban J connectivity index is 2.60. The van der Waals surface area contributed by atoms with Gasteiger partial charge < -0.3 is 19.9 Å². The van der Waals surface area contributed by atoms with Crippen LogP contribution in [0.4, 0.5) is 0 Å². The second-order valence-corrected chi connectivity index (χ2v) is 9.69. The molecule has 1 aliphatic rings. The molecule has 1 unspecified atom stereocenters. The highest BCUT2D eigenvalue weighted by molar-refractivity contribution is 7.59. The third kappa shape index (κ3) is 7.16. The minimum Gasteiger partial charge on any atom is -0.469 e. The van der Waals surface area contributed by atoms with Crippen molar-refractivity contribution in [2.75, 3.05) is 39.1 Å². The lowest BCUT2D eigenvalue weighted by molar-refractivity contribution is -0.140. The Bertz CT molecular complexity index is 549. The molecule has 0 aromatic rings. The second kappa shape index (κ2) is 9.34. The van der Waals surface area contributed by atoms with Crippen LogP contribution in [0, 0.1) is 11.3 Å². The molecule has 0 radical (unpaired) electrons. The molecule has 0 bridgehead atoms. The maximum Gasteiger partial charge on any atom is 0.307 e. The van der Waals surface area contributed by atoms with Gasteiger partial charge in [-0.3, -0.25) is 18.9 Å². The van der Waals surface area contributed by atoms with E-state index in [1.807, 2.05) is 13.8 Å². The molecule has 2 N–H and O–H groups in total. The molecule has 0 spiro atoms. The van der Waals surface area contributed by atoms with Crippen molar-refractivity contribution in [1.29, 1.82) is 0 Å². The number of esters is 1. The lowest BCUT2D eigenvalue weighted by Crippen LogP contribution is -2.46. The number of hydrogen-bond donors (Lipinski definition) is 2. The average Bonchev–Trinajstić information content (AvgIpc) is 2.54. The highest BCUT2D eigenvalue weighted by atomic mass is 31.2. The van der Waals surface area contributed by atoms with E-state index in [4.69, 9.17) is 4.52 Å². The first kappa shape index (κ1) is 21.6. The zero-order valence-corrected chi connectivity index (χ0v) is 16.3. The van der Waals surface area contributed by atoms with Gasteiger partial charge in [-0.05, 0) is 6.42 Å². The van der Waals surface area contributed by atoms with Gasteiger partial charge in [-0.15, -0.1) is 0 Å². The number of carbonyl (C=O) groups excluding carboxylic acids is 3. The molecule has 2 atom stereocenters. The molecule has 1 heterocycles. The van der Waals surface area contributed by atoms with Crippen molar-refractivity contribution in [3.05, 3.63) is 0 Å². The van der Waals surface area contributed by atoms with Crippen LogP contribution in [0.3, 0.4) is 0 Å². The van der Waals surface area contributed by atoms with E-state index in [-0.39, 0.29) is 37.5 Å². The van der Waals surface area contributed by atoms with Gasteiger partial charge in [0.05, 0.1) is 26.1 Å². The van der Waals surface area contributed by atoms with E-state index >= 15 is 0 Å². The third-order valence-electron chi connectivity index (χ3n) is 4.30. The van der Waals surface area contributed by atoms with Gasteiger partial charge in [0, 0.05) is 37.8 Å². The first-order valence-corrected chi connectivity index (χ1v) is 10.4. The summed E-state index contributed by atoms with van der Waals surface area (Å²) in [6.45, 7) is 6.08. The fourth-order valence-electron chi connectivity index (χ4n) is 2.65. The van der Waals surface area contributed by atoms with Crippen molar-refractivity contribution in [2.24, 2.45) is 11.3 Å². The third-order valence-corrected chi connectivity index (χ3v) is 6.82. The summed E-state index contributed by atoms with van der Waals surface area (Å²) in [6, 6.07) is 0. The van der Waals surface area contributed by atoms with E-state index in [0.29, 0.717) is 19.1 Å². The Morgan fingerprint density at radius 1 is 1.24 bits per heavy atom. The van der Waals surface area contributed by atoms with Crippen molar-refractivity contribution in [3.8, 4) is 0 Å². The summed E-state index contributed by atoms with van der Waals surface area (Å²) in [4.78, 5) is 34.5. The van der Waals surface area contributed by atoms with E-state index < -0.39 is 24.7 Å². The van der Waals surface area contributed by atoms with Crippen molar-refractivity contribution >= 4 is 25.2 Å². The molecule has 1 fully saturated rings. The van der Waals surface area contributed by atoms with Crippen LogP contribution in [-0.2, 0) is 28.2 Å². The summed E-state index contributed by atoms with van der Waals surface area (Å²) < 4.78 is 23.1. The van der Waals surface area contributed by atoms with Crippen LogP contribution in [0.25, 0.3) is 0 Å². The number of hydrogen-bond acceptors (Lipinski definition) is 6. The number of carbonyl (C=O) groups is 3. The summed E-state index contributed by atoms with van der Waals surface area (Å²) >= 11 is 0. The number of methoxy groups -OCH3 is 1. The molecule has 0 aromatic carbocycles. The predicted octanol–water partition coefficient (Wildman–Crippen LogP) is 1.14. The Labute approximate surface area is 148 Å². The van der Waals surface area contributed by atoms with Gasteiger partial charge >= 0.3 is 5.97 Å². The zero-order valence-electron chi connectivity index (χ0n) is 15.4. The minimum absolute atomic E-state index is 0.0975. The molecule has 1 rings (SSSR count). The van der Waals surface area contributed by atoms with Crippen LogP contribution in [0.1, 0.15) is 33.6 Å². The van der Waals surface area contributed by atoms with Crippen LogP contribution < -0.4 is 10.6 Å². The van der Waals surface area contributed by atoms with Crippen molar-refractivity contribution in [1.82, 2.24) is 10.6 Å². The van der Waals surface area contributed by atoms with Gasteiger partial charge in [0.15, 0.2) is 0 Å². The molecule has 0 aromatic heterocycles. The SMILES string of the molecule is COC(=O)CCNC(=O)[C@@H]1CP(=O)(CCCNC(C)=O)OCC1(C)C. The van der Waals surface area contributed by atoms with Crippen LogP contribution >= 0.6 is 7.37 Å². The van der Waals surface area contributed by atoms with Crippen LogP contribution in [-0.4, -0.2) is 56.9 Å². The topological polar surface area (TPSA) is 111 Å². The van der Waals surface area contributed by atoms with Crippen molar-refractivity contribution in [3.63, 3.8) is 0 Å². The van der Waals surface area contributed by atoms with E-state index in [0.717, 1.165) is 0 Å². The van der Waals surface area contributed by atoms with E-state index in [1.165, 1.54) is 14.0 Å². The molecule has 2 amide bonds. The second-order valence-electron chi connectivity index (χ2n) is 6.99. The minimum atomic E-state index is -2.92. The summed E-state index contributed by atoms with van der Waals surface area (Å²) in [6.07, 6.45) is 1.13. The Morgan fingerprint density at radius 2 is 1.92 bits per heavy atom. The van der Waals surface area contributed by atoms with Gasteiger partial charge in [0.1, 0.15) is 0 Å². The first-order valence-electron chi connectivity index (χ1n) is 8.41. The number of ether oxygens (including phenoxy) is 1. The predicted molar refractivity (Wildman–Crippen MR) is 93.5 cm³/mol. The average molecular weight is 376 g/mol. The summed E-state index contributed by atoms with van der Waals surface area (Å²) in [5.41, 5.74) is -0.444. The van der Waals surface area contributed by atoms with Crippen molar-refractivity contribution in [2.45, 2.75) is 33.6 Å². The first-order chi connectivity index (χ1) is 11.6. The van der Waals surface area contributed by atoms with Crippen LogP contribution in [0.5, 0.6) is 0 Å². The van der Waals surface area contributed by atoms with Gasteiger partial charge in [0.25, 0.3) is 0 Å². The van der Waals surface area contributed by atoms with Crippen LogP contribution in [0.2, 0.25) is 0 Å². The Morgan fingerprint density at radius 3 is 2.52 bits per heavy atom. The Kier molecular flexibility index (Phi) is 8.09. The van der Waals surface area contributed by atoms with Crippen LogP contribution in [0.15, 0.2) is 0 Å². The normalized spacial score (nSPS) is 25.0. The summed E-state index contributed by atoms with van der Waals surface area (Å²) in [7, 11) is -1.63. The fraction of sp³-hybridized carbons (Fsp3) is 0.812. The fourth-order valence-corrected chi connectivity index (χ4v) is 5.50. The van der Waals surface area contributed by atoms with E-state index in [2.05, 4.69) is 15.4 Å². The van der Waals surface area contributed by atoms with E-state index in [1.54, 1.807) is 0 Å². The lowest BCUT2D eigenvalue weighted by atomic mass is 9.80. The molecule has 1 aliphatic heterocycles. The van der Waals surface area contributed by atoms with Gasteiger partial charge in [-0.1, -0.05) is 13.8 Å². The van der Waals surface area contributed by atoms with Gasteiger partial charge in [-0.2, -0.15) is 0 Å². The van der Waals surface area contributed by atoms with Crippen molar-refractivity contribution < 1.29 is 28.2 Å². The summed E-state index contributed by atoms with van der Waals surface area (Å²) in [5.74, 6) is -1.20. The molecule has 1 saturated heterocycles. The highest BCUT2D eigenvalue weighted by Gasteiger charge is 2.46. The molecule has 144 valence electrons. The van der Waals surface area contributed by atoms with Gasteiger partial charge in [-0.25, -0.2) is 0 Å². The maximum absolute atomic E-state index is 12.9. The molecular weight excluding hydrogens is 347 g/mol. The number of amides is 2. The number of nitrogens with one attached hydrogen (secondary N) is 2. The molecule has 9 heteroatoms. The molecule has 8 nitrogen and oxygen atoms in total. The molecule has 25 heavy (non-hydrogen) atoms. The molecular formula is C16H29N2O6P. The Hall–Kier alpha value is -1.40. The van der Waals surface area contributed by atoms with E-state index in [9.17, 15) is 18.9 Å². The smallest absolute Gasteiger partial charge is 0.307 e. The highest BCUT2D eigenvalue weighted by Crippen LogP contribution is 2.56.